The summed E-state index contributed by atoms with van der Waals surface area (Å²) in [4.78, 5) is 10.5. The van der Waals surface area contributed by atoms with E-state index < -0.39 is 0 Å². The molecule has 2 atom stereocenters. The van der Waals surface area contributed by atoms with Gasteiger partial charge in [-0.2, -0.15) is 0 Å². The number of hydrogen-bond donors (Lipinski definition) is 0. The van der Waals surface area contributed by atoms with Crippen molar-refractivity contribution in [3.63, 3.8) is 0 Å². The molecular weight excluding hydrogens is 230 g/mol. The molecular formula is C11H12ClNO3. The molecule has 16 heavy (non-hydrogen) atoms. The number of halogens is 1. The van der Waals surface area contributed by atoms with E-state index in [9.17, 15) is 10.1 Å². The van der Waals surface area contributed by atoms with Crippen molar-refractivity contribution in [2.45, 2.75) is 24.3 Å². The first-order valence-electron chi connectivity index (χ1n) is 5.17. The van der Waals surface area contributed by atoms with E-state index in [2.05, 4.69) is 0 Å². The van der Waals surface area contributed by atoms with Crippen molar-refractivity contribution in [3.05, 3.63) is 39.9 Å². The number of nitrogens with zero attached hydrogens (tertiary/aromatic N) is 1. The van der Waals surface area contributed by atoms with Crippen LogP contribution in [0, 0.1) is 10.1 Å². The zero-order chi connectivity index (χ0) is 11.5. The van der Waals surface area contributed by atoms with E-state index in [1.807, 2.05) is 0 Å². The summed E-state index contributed by atoms with van der Waals surface area (Å²) in [7, 11) is 0. The van der Waals surface area contributed by atoms with Crippen LogP contribution >= 0.6 is 11.6 Å². The van der Waals surface area contributed by atoms with E-state index in [-0.39, 0.29) is 22.1 Å². The van der Waals surface area contributed by atoms with Crippen LogP contribution in [0.3, 0.4) is 0 Å². The normalized spacial score (nSPS) is 25.3. The molecule has 1 aliphatic heterocycles. The first-order chi connectivity index (χ1) is 7.68. The van der Waals surface area contributed by atoms with Crippen LogP contribution in [0.1, 0.15) is 24.5 Å². The third-order valence-corrected chi connectivity index (χ3v) is 3.10. The van der Waals surface area contributed by atoms with Gasteiger partial charge in [0.1, 0.15) is 0 Å². The number of rotatable bonds is 2. The van der Waals surface area contributed by atoms with Crippen molar-refractivity contribution in [3.8, 4) is 0 Å². The largest absolute Gasteiger partial charge is 0.373 e. The third-order valence-electron chi connectivity index (χ3n) is 2.70. The molecule has 0 aliphatic carbocycles. The predicted molar refractivity (Wildman–Crippen MR) is 60.7 cm³/mol. The first kappa shape index (κ1) is 11.4. The van der Waals surface area contributed by atoms with Gasteiger partial charge in [0.15, 0.2) is 0 Å². The summed E-state index contributed by atoms with van der Waals surface area (Å²) < 4.78 is 5.54. The average molecular weight is 242 g/mol. The second-order valence-corrected chi connectivity index (χ2v) is 4.41. The molecule has 0 saturated carbocycles. The molecule has 86 valence electrons. The molecule has 4 nitrogen and oxygen atoms in total. The highest BCUT2D eigenvalue weighted by Gasteiger charge is 2.27. The molecule has 1 aromatic rings. The van der Waals surface area contributed by atoms with Crippen LogP contribution in [-0.4, -0.2) is 16.9 Å². The van der Waals surface area contributed by atoms with Crippen molar-refractivity contribution in [1.82, 2.24) is 0 Å². The van der Waals surface area contributed by atoms with Gasteiger partial charge in [0.05, 0.1) is 16.6 Å². The Hall–Kier alpha value is -1.13. The van der Waals surface area contributed by atoms with Crippen LogP contribution in [-0.2, 0) is 4.74 Å². The Labute approximate surface area is 98.3 Å². The summed E-state index contributed by atoms with van der Waals surface area (Å²) in [6, 6.07) is 6.67. The number of para-hydroxylation sites is 1. The van der Waals surface area contributed by atoms with Crippen LogP contribution in [0.25, 0.3) is 0 Å². The molecule has 0 bridgehead atoms. The molecule has 0 amide bonds. The molecule has 1 fully saturated rings. The van der Waals surface area contributed by atoms with Gasteiger partial charge in [0.2, 0.25) is 0 Å². The molecule has 1 aromatic carbocycles. The Balaban J connectivity index is 2.28. The summed E-state index contributed by atoms with van der Waals surface area (Å²) in [6.07, 6.45) is 1.18. The smallest absolute Gasteiger partial charge is 0.275 e. The summed E-state index contributed by atoms with van der Waals surface area (Å²) in [6.45, 7) is 0.560. The number of hydrogen-bond acceptors (Lipinski definition) is 3. The minimum Gasteiger partial charge on any atom is -0.373 e. The molecule has 0 spiro atoms. The fraction of sp³-hybridized carbons (Fsp3) is 0.455. The molecule has 5 heteroatoms. The summed E-state index contributed by atoms with van der Waals surface area (Å²) in [5.41, 5.74) is 0.733. The maximum absolute atomic E-state index is 10.9. The lowest BCUT2D eigenvalue weighted by molar-refractivity contribution is -0.386. The highest BCUT2D eigenvalue weighted by Crippen LogP contribution is 2.35. The van der Waals surface area contributed by atoms with Crippen LogP contribution < -0.4 is 0 Å². The zero-order valence-corrected chi connectivity index (χ0v) is 9.39. The van der Waals surface area contributed by atoms with Crippen molar-refractivity contribution in [2.24, 2.45) is 0 Å². The molecule has 1 saturated heterocycles. The predicted octanol–water partition coefficient (Wildman–Crippen LogP) is 3.05. The van der Waals surface area contributed by atoms with E-state index >= 15 is 0 Å². The number of nitro benzene ring substituents is 1. The standard InChI is InChI=1S/C11H12ClNO3/c12-8-5-6-16-11(7-8)9-3-1-2-4-10(9)13(14)15/h1-4,8,11H,5-7H2. The van der Waals surface area contributed by atoms with E-state index in [1.165, 1.54) is 6.07 Å². The topological polar surface area (TPSA) is 52.4 Å². The molecule has 0 N–H and O–H groups in total. The lowest BCUT2D eigenvalue weighted by Gasteiger charge is -2.26. The van der Waals surface area contributed by atoms with Gasteiger partial charge in [-0.1, -0.05) is 12.1 Å². The van der Waals surface area contributed by atoms with E-state index in [1.54, 1.807) is 18.2 Å². The Kier molecular flexibility index (Phi) is 3.41. The van der Waals surface area contributed by atoms with Crippen LogP contribution in [0.4, 0.5) is 5.69 Å². The maximum Gasteiger partial charge on any atom is 0.275 e. The van der Waals surface area contributed by atoms with Gasteiger partial charge in [0.25, 0.3) is 5.69 Å². The van der Waals surface area contributed by atoms with Gasteiger partial charge >= 0.3 is 0 Å². The second kappa shape index (κ2) is 4.80. The lowest BCUT2D eigenvalue weighted by Crippen LogP contribution is -2.20. The van der Waals surface area contributed by atoms with E-state index in [0.29, 0.717) is 18.6 Å². The highest BCUT2D eigenvalue weighted by molar-refractivity contribution is 6.20. The van der Waals surface area contributed by atoms with Crippen molar-refractivity contribution in [1.29, 1.82) is 0 Å². The van der Waals surface area contributed by atoms with Crippen LogP contribution in [0.5, 0.6) is 0 Å². The first-order valence-corrected chi connectivity index (χ1v) is 5.61. The molecule has 1 heterocycles. The molecule has 1 aliphatic rings. The monoisotopic (exact) mass is 241 g/mol. The molecule has 0 aromatic heterocycles. The number of alkyl halides is 1. The van der Waals surface area contributed by atoms with Gasteiger partial charge in [0, 0.05) is 18.1 Å². The van der Waals surface area contributed by atoms with Crippen LogP contribution in [0.2, 0.25) is 0 Å². The number of ether oxygens (including phenoxy) is 1. The minimum absolute atomic E-state index is 0.0403. The SMILES string of the molecule is O=[N+]([O-])c1ccccc1C1CC(Cl)CCO1. The maximum atomic E-state index is 10.9. The van der Waals surface area contributed by atoms with Gasteiger partial charge in [-0.15, -0.1) is 11.6 Å². The van der Waals surface area contributed by atoms with Gasteiger partial charge < -0.3 is 4.74 Å². The van der Waals surface area contributed by atoms with Gasteiger partial charge in [-0.05, 0) is 18.9 Å². The second-order valence-electron chi connectivity index (χ2n) is 3.80. The Morgan fingerprint density at radius 1 is 1.44 bits per heavy atom. The average Bonchev–Trinajstić information content (AvgIpc) is 2.29. The van der Waals surface area contributed by atoms with E-state index in [4.69, 9.17) is 16.3 Å². The molecule has 2 unspecified atom stereocenters. The van der Waals surface area contributed by atoms with Crippen LogP contribution in [0.15, 0.2) is 24.3 Å². The summed E-state index contributed by atoms with van der Waals surface area (Å²) in [5.74, 6) is 0. The lowest BCUT2D eigenvalue weighted by atomic mass is 9.99. The number of nitro groups is 1. The quantitative estimate of drug-likeness (QED) is 0.454. The molecule has 0 radical (unpaired) electrons. The third kappa shape index (κ3) is 2.33. The van der Waals surface area contributed by atoms with Crippen molar-refractivity contribution in [2.75, 3.05) is 6.61 Å². The fourth-order valence-electron chi connectivity index (χ4n) is 1.90. The van der Waals surface area contributed by atoms with Gasteiger partial charge in [-0.3, -0.25) is 10.1 Å². The Morgan fingerprint density at radius 3 is 2.88 bits per heavy atom. The number of benzene rings is 1. The fourth-order valence-corrected chi connectivity index (χ4v) is 2.15. The van der Waals surface area contributed by atoms with Crippen molar-refractivity contribution < 1.29 is 9.66 Å². The zero-order valence-electron chi connectivity index (χ0n) is 8.64. The summed E-state index contributed by atoms with van der Waals surface area (Å²) in [5, 5.41) is 10.9. The van der Waals surface area contributed by atoms with E-state index in [0.717, 1.165) is 6.42 Å². The van der Waals surface area contributed by atoms with Crippen molar-refractivity contribution >= 4 is 17.3 Å². The highest BCUT2D eigenvalue weighted by atomic mass is 35.5. The molecule has 2 rings (SSSR count). The Morgan fingerprint density at radius 2 is 2.19 bits per heavy atom. The summed E-state index contributed by atoms with van der Waals surface area (Å²) >= 11 is 6.04. The van der Waals surface area contributed by atoms with Gasteiger partial charge in [-0.25, -0.2) is 0 Å². The minimum atomic E-state index is -0.378. The Bertz CT molecular complexity index is 397.